The lowest BCUT2D eigenvalue weighted by Gasteiger charge is -2.14. The van der Waals surface area contributed by atoms with Gasteiger partial charge in [-0.05, 0) is 38.1 Å². The van der Waals surface area contributed by atoms with E-state index in [0.717, 1.165) is 0 Å². The molecule has 0 atom stereocenters. The third-order valence-corrected chi connectivity index (χ3v) is 4.46. The minimum Gasteiger partial charge on any atom is -0.462 e. The lowest BCUT2D eigenvalue weighted by molar-refractivity contribution is -0.384. The molecule has 0 radical (unpaired) electrons. The average molecular weight is 375 g/mol. The molecule has 0 unspecified atom stereocenters. The first-order chi connectivity index (χ1) is 12.4. The van der Waals surface area contributed by atoms with Crippen LogP contribution >= 0.6 is 11.6 Å². The minimum atomic E-state index is -0.628. The first kappa shape index (κ1) is 17.9. The Bertz CT molecular complexity index is 1120. The minimum absolute atomic E-state index is 0.0356. The molecule has 0 saturated carbocycles. The van der Waals surface area contributed by atoms with E-state index in [2.05, 4.69) is 0 Å². The van der Waals surface area contributed by atoms with E-state index < -0.39 is 16.3 Å². The number of fused-ring (bicyclic) bond motifs is 2. The van der Waals surface area contributed by atoms with Crippen LogP contribution in [0.4, 0.5) is 5.69 Å². The van der Waals surface area contributed by atoms with Crippen LogP contribution in [-0.2, 0) is 11.3 Å². The topological polar surface area (TPSA) is 91.4 Å². The van der Waals surface area contributed by atoms with Crippen molar-refractivity contribution < 1.29 is 14.5 Å². The second-order valence-electron chi connectivity index (χ2n) is 5.60. The Morgan fingerprint density at radius 3 is 2.50 bits per heavy atom. The van der Waals surface area contributed by atoms with Crippen molar-refractivity contribution in [3.63, 3.8) is 0 Å². The van der Waals surface area contributed by atoms with Crippen molar-refractivity contribution in [1.29, 1.82) is 0 Å². The third-order valence-electron chi connectivity index (χ3n) is 4.16. The molecule has 3 rings (SSSR count). The van der Waals surface area contributed by atoms with Crippen LogP contribution in [0.5, 0.6) is 0 Å². The number of carbonyl (C=O) groups is 1. The van der Waals surface area contributed by atoms with Crippen molar-refractivity contribution in [2.45, 2.75) is 20.4 Å². The van der Waals surface area contributed by atoms with Gasteiger partial charge in [-0.2, -0.15) is 0 Å². The van der Waals surface area contributed by atoms with Crippen molar-refractivity contribution in [3.05, 3.63) is 61.3 Å². The molecule has 0 N–H and O–H groups in total. The van der Waals surface area contributed by atoms with Crippen molar-refractivity contribution in [1.82, 2.24) is 4.57 Å². The summed E-state index contributed by atoms with van der Waals surface area (Å²) in [6.45, 7) is 4.32. The summed E-state index contributed by atoms with van der Waals surface area (Å²) in [7, 11) is 0. The van der Waals surface area contributed by atoms with Crippen molar-refractivity contribution >= 4 is 45.1 Å². The van der Waals surface area contributed by atoms with E-state index in [1.54, 1.807) is 19.1 Å². The maximum absolute atomic E-state index is 12.9. The molecule has 8 heteroatoms. The van der Waals surface area contributed by atoms with Gasteiger partial charge in [-0.3, -0.25) is 14.9 Å². The van der Waals surface area contributed by atoms with Crippen LogP contribution in [0.3, 0.4) is 0 Å². The summed E-state index contributed by atoms with van der Waals surface area (Å²) in [6.07, 6.45) is 0. The maximum atomic E-state index is 12.9. The zero-order chi connectivity index (χ0) is 19.0. The number of hydrogen-bond acceptors (Lipinski definition) is 5. The molecule has 0 bridgehead atoms. The molecule has 0 aliphatic rings. The Balaban J connectivity index is 2.43. The third kappa shape index (κ3) is 2.80. The molecule has 0 saturated heterocycles. The van der Waals surface area contributed by atoms with E-state index >= 15 is 0 Å². The second kappa shape index (κ2) is 6.76. The highest BCUT2D eigenvalue weighted by Gasteiger charge is 2.19. The molecule has 0 spiro atoms. The molecule has 1 aromatic heterocycles. The van der Waals surface area contributed by atoms with Crippen molar-refractivity contribution in [2.24, 2.45) is 0 Å². The molecule has 3 aromatic rings. The van der Waals surface area contributed by atoms with Crippen LogP contribution in [0.25, 0.3) is 21.8 Å². The second-order valence-corrected chi connectivity index (χ2v) is 6.01. The summed E-state index contributed by atoms with van der Waals surface area (Å²) in [4.78, 5) is 35.4. The number of nitro benzene ring substituents is 1. The zero-order valence-corrected chi connectivity index (χ0v) is 14.9. The standard InChI is InChI=1S/C18H15ClN2O5/c1-3-20-14-6-5-10(18(23)26-4-2)7-11(14)17(22)12-8-16(21(24)25)13(19)9-15(12)20/h5-9H,3-4H2,1-2H3. The number of aromatic nitrogens is 1. The molecule has 0 amide bonds. The number of nitro groups is 1. The summed E-state index contributed by atoms with van der Waals surface area (Å²) in [5.41, 5.74) is 0.639. The predicted molar refractivity (Wildman–Crippen MR) is 99.0 cm³/mol. The molecular weight excluding hydrogens is 360 g/mol. The Kier molecular flexibility index (Phi) is 4.65. The molecule has 1 heterocycles. The van der Waals surface area contributed by atoms with E-state index in [1.807, 2.05) is 11.5 Å². The number of halogens is 1. The number of ether oxygens (including phenoxy) is 1. The number of aryl methyl sites for hydroxylation is 1. The number of benzene rings is 2. The number of rotatable bonds is 4. The predicted octanol–water partition coefficient (Wildman–Crippen LogP) is 3.91. The smallest absolute Gasteiger partial charge is 0.338 e. The Labute approximate surface area is 152 Å². The maximum Gasteiger partial charge on any atom is 0.338 e. The lowest BCUT2D eigenvalue weighted by atomic mass is 10.1. The number of hydrogen-bond donors (Lipinski definition) is 0. The van der Waals surface area contributed by atoms with Gasteiger partial charge in [-0.1, -0.05) is 11.6 Å². The Morgan fingerprint density at radius 1 is 1.19 bits per heavy atom. The fraction of sp³-hybridized carbons (Fsp3) is 0.222. The quantitative estimate of drug-likeness (QED) is 0.299. The van der Waals surface area contributed by atoms with Crippen LogP contribution in [-0.4, -0.2) is 22.1 Å². The van der Waals surface area contributed by atoms with Crippen LogP contribution in [0.15, 0.2) is 35.1 Å². The Hall–Kier alpha value is -2.93. The van der Waals surface area contributed by atoms with Gasteiger partial charge >= 0.3 is 5.97 Å². The van der Waals surface area contributed by atoms with Gasteiger partial charge in [-0.25, -0.2) is 4.79 Å². The summed E-state index contributed by atoms with van der Waals surface area (Å²) in [5.74, 6) is -0.529. The van der Waals surface area contributed by atoms with Crippen molar-refractivity contribution in [3.8, 4) is 0 Å². The van der Waals surface area contributed by atoms with Gasteiger partial charge in [0.05, 0.1) is 33.5 Å². The van der Waals surface area contributed by atoms with E-state index in [9.17, 15) is 19.7 Å². The SMILES string of the molecule is CCOC(=O)c1ccc2c(c1)c(=O)c1cc([N+](=O)[O-])c(Cl)cc1n2CC. The fourth-order valence-electron chi connectivity index (χ4n) is 3.01. The Morgan fingerprint density at radius 2 is 1.88 bits per heavy atom. The van der Waals surface area contributed by atoms with E-state index in [0.29, 0.717) is 23.0 Å². The van der Waals surface area contributed by atoms with Gasteiger partial charge in [0.15, 0.2) is 5.43 Å². The van der Waals surface area contributed by atoms with Gasteiger partial charge in [0, 0.05) is 18.0 Å². The average Bonchev–Trinajstić information content (AvgIpc) is 2.61. The normalized spacial score (nSPS) is 11.0. The van der Waals surface area contributed by atoms with Crippen LogP contribution in [0.1, 0.15) is 24.2 Å². The summed E-state index contributed by atoms with van der Waals surface area (Å²) in [5, 5.41) is 11.6. The number of pyridine rings is 1. The van der Waals surface area contributed by atoms with E-state index in [1.165, 1.54) is 18.2 Å². The highest BCUT2D eigenvalue weighted by Crippen LogP contribution is 2.30. The van der Waals surface area contributed by atoms with Gasteiger partial charge < -0.3 is 9.30 Å². The molecule has 0 aliphatic carbocycles. The lowest BCUT2D eigenvalue weighted by Crippen LogP contribution is -2.13. The molecule has 2 aromatic carbocycles. The van der Waals surface area contributed by atoms with Gasteiger partial charge in [-0.15, -0.1) is 0 Å². The summed E-state index contributed by atoms with van der Waals surface area (Å²) in [6, 6.07) is 7.33. The molecule has 134 valence electrons. The molecule has 0 aliphatic heterocycles. The highest BCUT2D eigenvalue weighted by molar-refractivity contribution is 6.33. The monoisotopic (exact) mass is 374 g/mol. The van der Waals surface area contributed by atoms with Gasteiger partial charge in [0.25, 0.3) is 5.69 Å². The molecule has 7 nitrogen and oxygen atoms in total. The van der Waals surface area contributed by atoms with Crippen LogP contribution in [0, 0.1) is 10.1 Å². The van der Waals surface area contributed by atoms with Gasteiger partial charge in [0.1, 0.15) is 5.02 Å². The largest absolute Gasteiger partial charge is 0.462 e. The van der Waals surface area contributed by atoms with E-state index in [4.69, 9.17) is 16.3 Å². The highest BCUT2D eigenvalue weighted by atomic mass is 35.5. The van der Waals surface area contributed by atoms with Gasteiger partial charge in [0.2, 0.25) is 0 Å². The fourth-order valence-corrected chi connectivity index (χ4v) is 3.23. The molecular formula is C18H15ClN2O5. The van der Waals surface area contributed by atoms with Crippen molar-refractivity contribution in [2.75, 3.05) is 6.61 Å². The first-order valence-electron chi connectivity index (χ1n) is 8.00. The van der Waals surface area contributed by atoms with Crippen LogP contribution < -0.4 is 5.43 Å². The summed E-state index contributed by atoms with van der Waals surface area (Å²) < 4.78 is 6.80. The number of esters is 1. The summed E-state index contributed by atoms with van der Waals surface area (Å²) >= 11 is 6.01. The number of nitrogens with zero attached hydrogens (tertiary/aromatic N) is 2. The number of carbonyl (C=O) groups excluding carboxylic acids is 1. The first-order valence-corrected chi connectivity index (χ1v) is 8.38. The molecule has 26 heavy (non-hydrogen) atoms. The molecule has 0 fully saturated rings. The van der Waals surface area contributed by atoms with Crippen LogP contribution in [0.2, 0.25) is 5.02 Å². The zero-order valence-electron chi connectivity index (χ0n) is 14.1. The van der Waals surface area contributed by atoms with E-state index in [-0.39, 0.29) is 28.3 Å².